The van der Waals surface area contributed by atoms with Gasteiger partial charge in [0.25, 0.3) is 0 Å². The molecule has 1 aromatic carbocycles. The van der Waals surface area contributed by atoms with E-state index in [-0.39, 0.29) is 6.04 Å². The van der Waals surface area contributed by atoms with Gasteiger partial charge in [0.15, 0.2) is 11.6 Å². The van der Waals surface area contributed by atoms with Gasteiger partial charge in [0, 0.05) is 11.6 Å². The van der Waals surface area contributed by atoms with Crippen molar-refractivity contribution in [2.75, 3.05) is 6.54 Å². The first kappa shape index (κ1) is 14.1. The third-order valence-corrected chi connectivity index (χ3v) is 2.84. The van der Waals surface area contributed by atoms with Gasteiger partial charge in [0.1, 0.15) is 0 Å². The standard InChI is InChI=1S/C14H21F2N/c1-5-17-12(8-9(2)3)11-7-6-10(4)13(15)14(11)16/h6-7,9,12,17H,5,8H2,1-4H3. The van der Waals surface area contributed by atoms with Crippen LogP contribution in [0.1, 0.15) is 44.4 Å². The fourth-order valence-electron chi connectivity index (χ4n) is 1.97. The van der Waals surface area contributed by atoms with E-state index < -0.39 is 11.6 Å². The first-order chi connectivity index (χ1) is 7.97. The van der Waals surface area contributed by atoms with Gasteiger partial charge in [-0.2, -0.15) is 0 Å². The Hall–Kier alpha value is -0.960. The average Bonchev–Trinajstić information content (AvgIpc) is 2.25. The molecule has 0 spiro atoms. The van der Waals surface area contributed by atoms with Crippen LogP contribution < -0.4 is 5.32 Å². The third-order valence-electron chi connectivity index (χ3n) is 2.84. The average molecular weight is 241 g/mol. The van der Waals surface area contributed by atoms with Gasteiger partial charge in [-0.15, -0.1) is 0 Å². The molecule has 96 valence electrons. The highest BCUT2D eigenvalue weighted by Gasteiger charge is 2.19. The molecule has 0 heterocycles. The fraction of sp³-hybridized carbons (Fsp3) is 0.571. The molecule has 0 fully saturated rings. The van der Waals surface area contributed by atoms with Gasteiger partial charge in [0.05, 0.1) is 0 Å². The molecule has 0 aromatic heterocycles. The summed E-state index contributed by atoms with van der Waals surface area (Å²) in [6.07, 6.45) is 0.799. The topological polar surface area (TPSA) is 12.0 Å². The first-order valence-electron chi connectivity index (χ1n) is 6.15. The van der Waals surface area contributed by atoms with Crippen molar-refractivity contribution in [1.82, 2.24) is 5.32 Å². The van der Waals surface area contributed by atoms with Gasteiger partial charge < -0.3 is 5.32 Å². The van der Waals surface area contributed by atoms with Crippen molar-refractivity contribution < 1.29 is 8.78 Å². The van der Waals surface area contributed by atoms with Crippen LogP contribution in [0.15, 0.2) is 12.1 Å². The zero-order chi connectivity index (χ0) is 13.0. The Morgan fingerprint density at radius 2 is 1.82 bits per heavy atom. The van der Waals surface area contributed by atoms with Crippen molar-refractivity contribution in [1.29, 1.82) is 0 Å². The summed E-state index contributed by atoms with van der Waals surface area (Å²) in [7, 11) is 0. The van der Waals surface area contributed by atoms with Crippen molar-refractivity contribution in [3.05, 3.63) is 34.9 Å². The molecule has 0 saturated carbocycles. The van der Waals surface area contributed by atoms with Crippen LogP contribution >= 0.6 is 0 Å². The molecule has 1 N–H and O–H groups in total. The number of rotatable bonds is 5. The molecule has 1 aromatic rings. The van der Waals surface area contributed by atoms with Crippen molar-refractivity contribution in [3.8, 4) is 0 Å². The lowest BCUT2D eigenvalue weighted by Gasteiger charge is -2.21. The Kier molecular flexibility index (Phi) is 5.06. The van der Waals surface area contributed by atoms with E-state index in [0.29, 0.717) is 17.0 Å². The van der Waals surface area contributed by atoms with Crippen molar-refractivity contribution >= 4 is 0 Å². The molecular weight excluding hydrogens is 220 g/mol. The van der Waals surface area contributed by atoms with E-state index in [2.05, 4.69) is 19.2 Å². The summed E-state index contributed by atoms with van der Waals surface area (Å²) in [4.78, 5) is 0. The number of hydrogen-bond acceptors (Lipinski definition) is 1. The molecular formula is C14H21F2N. The fourth-order valence-corrected chi connectivity index (χ4v) is 1.97. The van der Waals surface area contributed by atoms with Gasteiger partial charge >= 0.3 is 0 Å². The van der Waals surface area contributed by atoms with E-state index in [1.165, 1.54) is 0 Å². The summed E-state index contributed by atoms with van der Waals surface area (Å²) in [5.41, 5.74) is 0.787. The minimum Gasteiger partial charge on any atom is -0.310 e. The molecule has 0 aliphatic rings. The van der Waals surface area contributed by atoms with Crippen LogP contribution in [0.2, 0.25) is 0 Å². The summed E-state index contributed by atoms with van der Waals surface area (Å²) in [6, 6.07) is 3.21. The zero-order valence-corrected chi connectivity index (χ0v) is 11.0. The predicted molar refractivity (Wildman–Crippen MR) is 67.0 cm³/mol. The Morgan fingerprint density at radius 3 is 2.35 bits per heavy atom. The molecule has 1 rings (SSSR count). The smallest absolute Gasteiger partial charge is 0.163 e. The Labute approximate surface area is 102 Å². The quantitative estimate of drug-likeness (QED) is 0.822. The first-order valence-corrected chi connectivity index (χ1v) is 6.15. The maximum absolute atomic E-state index is 13.9. The molecule has 17 heavy (non-hydrogen) atoms. The number of hydrogen-bond donors (Lipinski definition) is 1. The summed E-state index contributed by atoms with van der Waals surface area (Å²) in [6.45, 7) is 8.44. The van der Waals surface area contributed by atoms with Crippen LogP contribution in [0.4, 0.5) is 8.78 Å². The van der Waals surface area contributed by atoms with E-state index in [0.717, 1.165) is 13.0 Å². The van der Waals surface area contributed by atoms with Crippen molar-refractivity contribution in [2.24, 2.45) is 5.92 Å². The summed E-state index contributed by atoms with van der Waals surface area (Å²) < 4.78 is 27.4. The molecule has 0 saturated heterocycles. The van der Waals surface area contributed by atoms with Gasteiger partial charge in [-0.05, 0) is 31.4 Å². The molecule has 1 unspecified atom stereocenters. The molecule has 3 heteroatoms. The second-order valence-electron chi connectivity index (χ2n) is 4.84. The van der Waals surface area contributed by atoms with Crippen LogP contribution in [-0.2, 0) is 0 Å². The van der Waals surface area contributed by atoms with E-state index in [1.807, 2.05) is 6.92 Å². The van der Waals surface area contributed by atoms with Crippen LogP contribution in [-0.4, -0.2) is 6.54 Å². The minimum absolute atomic E-state index is 0.116. The Bertz CT molecular complexity index is 375. The maximum Gasteiger partial charge on any atom is 0.163 e. The van der Waals surface area contributed by atoms with E-state index in [4.69, 9.17) is 0 Å². The summed E-state index contributed by atoms with van der Waals surface area (Å²) >= 11 is 0. The Balaban J connectivity index is 3.05. The molecule has 0 aliphatic carbocycles. The van der Waals surface area contributed by atoms with Crippen LogP contribution in [0.5, 0.6) is 0 Å². The Morgan fingerprint density at radius 1 is 1.18 bits per heavy atom. The van der Waals surface area contributed by atoms with Crippen molar-refractivity contribution in [2.45, 2.75) is 40.2 Å². The highest BCUT2D eigenvalue weighted by Crippen LogP contribution is 2.26. The van der Waals surface area contributed by atoms with E-state index in [1.54, 1.807) is 19.1 Å². The second kappa shape index (κ2) is 6.10. The predicted octanol–water partition coefficient (Wildman–Crippen LogP) is 3.97. The van der Waals surface area contributed by atoms with E-state index in [9.17, 15) is 8.78 Å². The normalized spacial score (nSPS) is 13.1. The lowest BCUT2D eigenvalue weighted by Crippen LogP contribution is -2.23. The molecule has 0 aliphatic heterocycles. The molecule has 0 bridgehead atoms. The van der Waals surface area contributed by atoms with Crippen LogP contribution in [0.25, 0.3) is 0 Å². The monoisotopic (exact) mass is 241 g/mol. The molecule has 1 atom stereocenters. The zero-order valence-electron chi connectivity index (χ0n) is 11.0. The third kappa shape index (κ3) is 3.50. The van der Waals surface area contributed by atoms with Crippen LogP contribution in [0.3, 0.4) is 0 Å². The highest BCUT2D eigenvalue weighted by atomic mass is 19.2. The number of benzene rings is 1. The maximum atomic E-state index is 13.9. The number of nitrogens with one attached hydrogen (secondary N) is 1. The van der Waals surface area contributed by atoms with Gasteiger partial charge in [-0.3, -0.25) is 0 Å². The second-order valence-corrected chi connectivity index (χ2v) is 4.84. The molecule has 1 nitrogen and oxygen atoms in total. The highest BCUT2D eigenvalue weighted by molar-refractivity contribution is 5.28. The summed E-state index contributed by atoms with van der Waals surface area (Å²) in [5, 5.41) is 3.21. The van der Waals surface area contributed by atoms with Gasteiger partial charge in [0.2, 0.25) is 0 Å². The van der Waals surface area contributed by atoms with Crippen LogP contribution in [0, 0.1) is 24.5 Å². The lowest BCUT2D eigenvalue weighted by molar-refractivity contribution is 0.410. The van der Waals surface area contributed by atoms with Gasteiger partial charge in [-0.1, -0.05) is 32.9 Å². The minimum atomic E-state index is -0.728. The van der Waals surface area contributed by atoms with Gasteiger partial charge in [-0.25, -0.2) is 8.78 Å². The van der Waals surface area contributed by atoms with E-state index >= 15 is 0 Å². The number of aryl methyl sites for hydroxylation is 1. The largest absolute Gasteiger partial charge is 0.310 e. The molecule has 0 amide bonds. The number of halogens is 2. The van der Waals surface area contributed by atoms with Crippen molar-refractivity contribution in [3.63, 3.8) is 0 Å². The SMILES string of the molecule is CCNC(CC(C)C)c1ccc(C)c(F)c1F. The molecule has 0 radical (unpaired) electrons. The lowest BCUT2D eigenvalue weighted by atomic mass is 9.95. The summed E-state index contributed by atoms with van der Waals surface area (Å²) in [5.74, 6) is -1.01.